The van der Waals surface area contributed by atoms with E-state index in [4.69, 9.17) is 5.11 Å². The lowest BCUT2D eigenvalue weighted by Gasteiger charge is -1.99. The molecule has 1 N–H and O–H groups in total. The zero-order valence-corrected chi connectivity index (χ0v) is 10.1. The van der Waals surface area contributed by atoms with Crippen molar-refractivity contribution in [2.24, 2.45) is 0 Å². The van der Waals surface area contributed by atoms with Crippen molar-refractivity contribution in [1.82, 2.24) is 0 Å². The summed E-state index contributed by atoms with van der Waals surface area (Å²) in [7, 11) is 0. The molecule has 0 aliphatic carbocycles. The molecule has 2 heteroatoms. The van der Waals surface area contributed by atoms with Gasteiger partial charge in [0.2, 0.25) is 0 Å². The molecule has 0 radical (unpaired) electrons. The molecule has 1 aromatic rings. The smallest absolute Gasteiger partial charge is 0.328 e. The molecule has 90 valence electrons. The van der Waals surface area contributed by atoms with Gasteiger partial charge < -0.3 is 5.11 Å². The minimum absolute atomic E-state index is 0.812. The van der Waals surface area contributed by atoms with Gasteiger partial charge in [-0.1, -0.05) is 55.8 Å². The Balaban J connectivity index is 2.72. The molecule has 1 rings (SSSR count). The quantitative estimate of drug-likeness (QED) is 0.594. The van der Waals surface area contributed by atoms with Crippen molar-refractivity contribution in [2.75, 3.05) is 0 Å². The number of aliphatic carboxylic acids is 1. The van der Waals surface area contributed by atoms with E-state index in [1.54, 1.807) is 0 Å². The molecule has 0 unspecified atom stereocenters. The van der Waals surface area contributed by atoms with E-state index in [1.807, 2.05) is 42.5 Å². The number of hydrogen-bond acceptors (Lipinski definition) is 1. The van der Waals surface area contributed by atoms with Gasteiger partial charge in [-0.15, -0.1) is 0 Å². The van der Waals surface area contributed by atoms with E-state index in [1.165, 1.54) is 6.08 Å². The van der Waals surface area contributed by atoms with Crippen LogP contribution in [0.1, 0.15) is 31.7 Å². The molecular formula is C15H18O2. The normalized spacial score (nSPS) is 11.9. The number of carbonyl (C=O) groups is 1. The summed E-state index contributed by atoms with van der Waals surface area (Å²) in [6.07, 6.45) is 8.01. The van der Waals surface area contributed by atoms with Crippen molar-refractivity contribution in [3.8, 4) is 0 Å². The third-order valence-corrected chi connectivity index (χ3v) is 2.42. The van der Waals surface area contributed by atoms with Gasteiger partial charge in [0.15, 0.2) is 0 Å². The summed E-state index contributed by atoms with van der Waals surface area (Å²) in [6.45, 7) is 2.10. The fourth-order valence-corrected chi connectivity index (χ4v) is 1.51. The van der Waals surface area contributed by atoms with E-state index in [2.05, 4.69) is 6.92 Å². The molecule has 0 saturated heterocycles. The molecule has 0 saturated carbocycles. The van der Waals surface area contributed by atoms with E-state index >= 15 is 0 Å². The molecule has 2 nitrogen and oxygen atoms in total. The van der Waals surface area contributed by atoms with Crippen LogP contribution in [-0.4, -0.2) is 11.1 Å². The molecule has 0 bridgehead atoms. The van der Waals surface area contributed by atoms with E-state index in [9.17, 15) is 4.79 Å². The monoisotopic (exact) mass is 230 g/mol. The lowest BCUT2D eigenvalue weighted by atomic mass is 10.1. The van der Waals surface area contributed by atoms with Gasteiger partial charge in [0.05, 0.1) is 0 Å². The first-order valence-electron chi connectivity index (χ1n) is 5.89. The third kappa shape index (κ3) is 5.71. The van der Waals surface area contributed by atoms with Crippen molar-refractivity contribution in [3.05, 3.63) is 53.6 Å². The highest BCUT2D eigenvalue weighted by atomic mass is 16.4. The molecule has 0 aliphatic heterocycles. The SMILES string of the molecule is CCCCC(C=Cc1ccccc1)=CC(=O)O. The Labute approximate surface area is 102 Å². The predicted octanol–water partition coefficient (Wildman–Crippen LogP) is 3.90. The van der Waals surface area contributed by atoms with Gasteiger partial charge in [-0.25, -0.2) is 4.79 Å². The Morgan fingerprint density at radius 1 is 1.29 bits per heavy atom. The highest BCUT2D eigenvalue weighted by Crippen LogP contribution is 2.11. The van der Waals surface area contributed by atoms with Crippen LogP contribution in [0.15, 0.2) is 48.1 Å². The first-order chi connectivity index (χ1) is 8.22. The molecule has 0 aromatic heterocycles. The molecule has 0 aliphatic rings. The minimum atomic E-state index is -0.881. The molecule has 0 fully saturated rings. The lowest BCUT2D eigenvalue weighted by Crippen LogP contribution is -1.91. The van der Waals surface area contributed by atoms with Crippen LogP contribution in [0.4, 0.5) is 0 Å². The minimum Gasteiger partial charge on any atom is -0.478 e. The summed E-state index contributed by atoms with van der Waals surface area (Å²) in [5.41, 5.74) is 1.95. The highest BCUT2D eigenvalue weighted by Gasteiger charge is 1.96. The second-order valence-electron chi connectivity index (χ2n) is 3.91. The summed E-state index contributed by atoms with van der Waals surface area (Å²) in [5.74, 6) is -0.881. The van der Waals surface area contributed by atoms with Gasteiger partial charge in [0.25, 0.3) is 0 Å². The van der Waals surface area contributed by atoms with Crippen LogP contribution >= 0.6 is 0 Å². The molecule has 0 spiro atoms. The summed E-state index contributed by atoms with van der Waals surface area (Å²) in [6, 6.07) is 9.88. The van der Waals surface area contributed by atoms with Crippen molar-refractivity contribution < 1.29 is 9.90 Å². The Morgan fingerprint density at radius 2 is 2.00 bits per heavy atom. The van der Waals surface area contributed by atoms with Crippen LogP contribution in [0, 0.1) is 0 Å². The summed E-state index contributed by atoms with van der Waals surface area (Å²) in [5, 5.41) is 8.77. The fourth-order valence-electron chi connectivity index (χ4n) is 1.51. The Morgan fingerprint density at radius 3 is 2.59 bits per heavy atom. The Bertz CT molecular complexity index is 402. The summed E-state index contributed by atoms with van der Waals surface area (Å²) >= 11 is 0. The predicted molar refractivity (Wildman–Crippen MR) is 70.7 cm³/mol. The number of hydrogen-bond donors (Lipinski definition) is 1. The average molecular weight is 230 g/mol. The average Bonchev–Trinajstić information content (AvgIpc) is 2.33. The largest absolute Gasteiger partial charge is 0.478 e. The second-order valence-corrected chi connectivity index (χ2v) is 3.91. The Hall–Kier alpha value is -1.83. The first-order valence-corrected chi connectivity index (χ1v) is 5.89. The van der Waals surface area contributed by atoms with Crippen molar-refractivity contribution in [2.45, 2.75) is 26.2 Å². The van der Waals surface area contributed by atoms with Crippen LogP contribution in [-0.2, 0) is 4.79 Å². The summed E-state index contributed by atoms with van der Waals surface area (Å²) in [4.78, 5) is 10.7. The van der Waals surface area contributed by atoms with Gasteiger partial charge in [0, 0.05) is 6.08 Å². The molecule has 0 heterocycles. The first kappa shape index (κ1) is 13.2. The van der Waals surface area contributed by atoms with Crippen LogP contribution in [0.2, 0.25) is 0 Å². The standard InChI is InChI=1S/C15H18O2/c1-2-3-7-14(12-15(16)17)11-10-13-8-5-4-6-9-13/h4-6,8-12H,2-3,7H2,1H3,(H,16,17). The molecule has 17 heavy (non-hydrogen) atoms. The van der Waals surface area contributed by atoms with Crippen molar-refractivity contribution >= 4 is 12.0 Å². The van der Waals surface area contributed by atoms with Crippen molar-refractivity contribution in [3.63, 3.8) is 0 Å². The Kier molecular flexibility index (Phi) is 5.80. The van der Waals surface area contributed by atoms with Gasteiger partial charge in [-0.05, 0) is 24.0 Å². The maximum atomic E-state index is 10.7. The molecule has 0 atom stereocenters. The summed E-state index contributed by atoms with van der Waals surface area (Å²) < 4.78 is 0. The third-order valence-electron chi connectivity index (χ3n) is 2.42. The van der Waals surface area contributed by atoms with E-state index in [0.717, 1.165) is 30.4 Å². The highest BCUT2D eigenvalue weighted by molar-refractivity contribution is 5.81. The molecule has 0 amide bonds. The second kappa shape index (κ2) is 7.44. The maximum absolute atomic E-state index is 10.7. The van der Waals surface area contributed by atoms with Crippen LogP contribution < -0.4 is 0 Å². The van der Waals surface area contributed by atoms with Crippen LogP contribution in [0.3, 0.4) is 0 Å². The topological polar surface area (TPSA) is 37.3 Å². The number of carboxylic acids is 1. The van der Waals surface area contributed by atoms with Crippen LogP contribution in [0.5, 0.6) is 0 Å². The van der Waals surface area contributed by atoms with E-state index in [-0.39, 0.29) is 0 Å². The molecule has 1 aromatic carbocycles. The van der Waals surface area contributed by atoms with E-state index in [0.29, 0.717) is 0 Å². The van der Waals surface area contributed by atoms with E-state index < -0.39 is 5.97 Å². The zero-order valence-electron chi connectivity index (χ0n) is 10.1. The fraction of sp³-hybridized carbons (Fsp3) is 0.267. The number of unbranched alkanes of at least 4 members (excludes halogenated alkanes) is 1. The zero-order chi connectivity index (χ0) is 12.5. The number of allylic oxidation sites excluding steroid dienone is 2. The lowest BCUT2D eigenvalue weighted by molar-refractivity contribution is -0.131. The van der Waals surface area contributed by atoms with Gasteiger partial charge in [0.1, 0.15) is 0 Å². The van der Waals surface area contributed by atoms with Gasteiger partial charge in [-0.3, -0.25) is 0 Å². The number of carboxylic acid groups (broad SMARTS) is 1. The van der Waals surface area contributed by atoms with Crippen LogP contribution in [0.25, 0.3) is 6.08 Å². The van der Waals surface area contributed by atoms with Gasteiger partial charge >= 0.3 is 5.97 Å². The van der Waals surface area contributed by atoms with Gasteiger partial charge in [-0.2, -0.15) is 0 Å². The van der Waals surface area contributed by atoms with Crippen molar-refractivity contribution in [1.29, 1.82) is 0 Å². The maximum Gasteiger partial charge on any atom is 0.328 e. The molecular weight excluding hydrogens is 212 g/mol. The number of rotatable bonds is 6. The number of benzene rings is 1.